The highest BCUT2D eigenvalue weighted by molar-refractivity contribution is 5.84. The third kappa shape index (κ3) is 2.99. The van der Waals surface area contributed by atoms with Crippen LogP contribution in [0.15, 0.2) is 24.3 Å². The van der Waals surface area contributed by atoms with Gasteiger partial charge in [-0.3, -0.25) is 5.32 Å². The SMILES string of the molecule is Cc1ccc(NC(=O)OCC2(C)CC2)cc1. The second kappa shape index (κ2) is 4.16. The fourth-order valence-electron chi connectivity index (χ4n) is 1.39. The molecule has 0 unspecified atom stereocenters. The molecule has 16 heavy (non-hydrogen) atoms. The second-order valence-electron chi connectivity index (χ2n) is 4.88. The second-order valence-corrected chi connectivity index (χ2v) is 4.88. The molecule has 0 bridgehead atoms. The number of carbonyl (C=O) groups is 1. The van der Waals surface area contributed by atoms with Crippen molar-refractivity contribution in [2.75, 3.05) is 11.9 Å². The van der Waals surface area contributed by atoms with Gasteiger partial charge in [-0.15, -0.1) is 0 Å². The summed E-state index contributed by atoms with van der Waals surface area (Å²) in [5, 5.41) is 2.71. The number of carbonyl (C=O) groups excluding carboxylic acids is 1. The highest BCUT2D eigenvalue weighted by atomic mass is 16.5. The van der Waals surface area contributed by atoms with E-state index in [2.05, 4.69) is 12.2 Å². The van der Waals surface area contributed by atoms with Crippen molar-refractivity contribution < 1.29 is 9.53 Å². The van der Waals surface area contributed by atoms with Gasteiger partial charge in [0.15, 0.2) is 0 Å². The Kier molecular flexibility index (Phi) is 2.86. The van der Waals surface area contributed by atoms with Crippen LogP contribution in [0.1, 0.15) is 25.3 Å². The highest BCUT2D eigenvalue weighted by Gasteiger charge is 2.38. The molecule has 1 fully saturated rings. The quantitative estimate of drug-likeness (QED) is 0.846. The van der Waals surface area contributed by atoms with Crippen LogP contribution < -0.4 is 5.32 Å². The third-order valence-corrected chi connectivity index (χ3v) is 2.95. The minimum absolute atomic E-state index is 0.241. The van der Waals surface area contributed by atoms with Gasteiger partial charge in [0.05, 0.1) is 6.61 Å². The maximum Gasteiger partial charge on any atom is 0.411 e. The first-order valence-corrected chi connectivity index (χ1v) is 5.58. The molecule has 0 aliphatic heterocycles. The Hall–Kier alpha value is -1.51. The number of ether oxygens (including phenoxy) is 1. The van der Waals surface area contributed by atoms with Gasteiger partial charge in [-0.2, -0.15) is 0 Å². The molecule has 3 heteroatoms. The van der Waals surface area contributed by atoms with E-state index in [0.717, 1.165) is 18.5 Å². The van der Waals surface area contributed by atoms with Crippen LogP contribution in [-0.4, -0.2) is 12.7 Å². The summed E-state index contributed by atoms with van der Waals surface area (Å²) in [7, 11) is 0. The normalized spacial score (nSPS) is 16.6. The van der Waals surface area contributed by atoms with Gasteiger partial charge in [-0.25, -0.2) is 4.79 Å². The molecular formula is C13H17NO2. The van der Waals surface area contributed by atoms with Gasteiger partial charge in [0.2, 0.25) is 0 Å². The Labute approximate surface area is 95.8 Å². The number of benzene rings is 1. The smallest absolute Gasteiger partial charge is 0.411 e. The molecular weight excluding hydrogens is 202 g/mol. The first-order valence-electron chi connectivity index (χ1n) is 5.58. The number of hydrogen-bond acceptors (Lipinski definition) is 2. The highest BCUT2D eigenvalue weighted by Crippen LogP contribution is 2.44. The molecule has 1 N–H and O–H groups in total. The van der Waals surface area contributed by atoms with Gasteiger partial charge in [0.25, 0.3) is 0 Å². The Morgan fingerprint density at radius 3 is 2.56 bits per heavy atom. The van der Waals surface area contributed by atoms with Crippen LogP contribution in [0.5, 0.6) is 0 Å². The molecule has 0 heterocycles. The van der Waals surface area contributed by atoms with Crippen molar-refractivity contribution in [1.29, 1.82) is 0 Å². The first-order chi connectivity index (χ1) is 7.57. The average Bonchev–Trinajstić information content (AvgIpc) is 2.98. The zero-order chi connectivity index (χ0) is 11.6. The fourth-order valence-corrected chi connectivity index (χ4v) is 1.39. The number of hydrogen-bond donors (Lipinski definition) is 1. The van der Waals surface area contributed by atoms with Gasteiger partial charge in [0.1, 0.15) is 0 Å². The number of aryl methyl sites for hydroxylation is 1. The van der Waals surface area contributed by atoms with E-state index in [1.54, 1.807) is 0 Å². The van der Waals surface area contributed by atoms with E-state index in [1.807, 2.05) is 31.2 Å². The van der Waals surface area contributed by atoms with Gasteiger partial charge < -0.3 is 4.74 Å². The Morgan fingerprint density at radius 1 is 1.38 bits per heavy atom. The minimum Gasteiger partial charge on any atom is -0.449 e. The lowest BCUT2D eigenvalue weighted by Gasteiger charge is -2.10. The van der Waals surface area contributed by atoms with E-state index >= 15 is 0 Å². The van der Waals surface area contributed by atoms with Gasteiger partial charge in [-0.1, -0.05) is 24.6 Å². The van der Waals surface area contributed by atoms with E-state index in [1.165, 1.54) is 5.56 Å². The Balaban J connectivity index is 1.80. The number of rotatable bonds is 3. The molecule has 2 rings (SSSR count). The van der Waals surface area contributed by atoms with Gasteiger partial charge in [0, 0.05) is 11.1 Å². The standard InChI is InChI=1S/C13H17NO2/c1-10-3-5-11(6-4-10)14-12(15)16-9-13(2)7-8-13/h3-6H,7-9H2,1-2H3,(H,14,15). The van der Waals surface area contributed by atoms with Crippen LogP contribution in [0.4, 0.5) is 10.5 Å². The number of nitrogens with one attached hydrogen (secondary N) is 1. The number of anilines is 1. The number of amides is 1. The lowest BCUT2D eigenvalue weighted by Crippen LogP contribution is -2.18. The summed E-state index contributed by atoms with van der Waals surface area (Å²) in [5.41, 5.74) is 2.19. The van der Waals surface area contributed by atoms with Crippen molar-refractivity contribution in [2.24, 2.45) is 5.41 Å². The van der Waals surface area contributed by atoms with Crippen molar-refractivity contribution >= 4 is 11.8 Å². The maximum absolute atomic E-state index is 11.4. The average molecular weight is 219 g/mol. The zero-order valence-electron chi connectivity index (χ0n) is 9.75. The molecule has 1 aromatic rings. The predicted octanol–water partition coefficient (Wildman–Crippen LogP) is 3.34. The van der Waals surface area contributed by atoms with Crippen LogP contribution in [0.2, 0.25) is 0 Å². The molecule has 0 spiro atoms. The molecule has 1 aliphatic rings. The molecule has 0 aromatic heterocycles. The third-order valence-electron chi connectivity index (χ3n) is 2.95. The van der Waals surface area contributed by atoms with Crippen LogP contribution in [0.3, 0.4) is 0 Å². The van der Waals surface area contributed by atoms with Crippen molar-refractivity contribution in [3.8, 4) is 0 Å². The molecule has 3 nitrogen and oxygen atoms in total. The molecule has 0 radical (unpaired) electrons. The summed E-state index contributed by atoms with van der Waals surface area (Å²) in [6.45, 7) is 4.66. The van der Waals surface area contributed by atoms with Crippen molar-refractivity contribution in [2.45, 2.75) is 26.7 Å². The van der Waals surface area contributed by atoms with E-state index in [0.29, 0.717) is 6.61 Å². The summed E-state index contributed by atoms with van der Waals surface area (Å²) in [5.74, 6) is 0. The zero-order valence-corrected chi connectivity index (χ0v) is 9.75. The fraction of sp³-hybridized carbons (Fsp3) is 0.462. The van der Waals surface area contributed by atoms with Crippen molar-refractivity contribution in [1.82, 2.24) is 0 Å². The van der Waals surface area contributed by atoms with Crippen molar-refractivity contribution in [3.05, 3.63) is 29.8 Å². The van der Waals surface area contributed by atoms with Crippen LogP contribution >= 0.6 is 0 Å². The molecule has 1 aromatic carbocycles. The molecule has 0 saturated heterocycles. The lowest BCUT2D eigenvalue weighted by atomic mass is 10.2. The van der Waals surface area contributed by atoms with Crippen LogP contribution in [-0.2, 0) is 4.74 Å². The van der Waals surface area contributed by atoms with E-state index in [4.69, 9.17) is 4.74 Å². The summed E-state index contributed by atoms with van der Waals surface area (Å²) >= 11 is 0. The van der Waals surface area contributed by atoms with E-state index in [9.17, 15) is 4.79 Å². The molecule has 86 valence electrons. The largest absolute Gasteiger partial charge is 0.449 e. The van der Waals surface area contributed by atoms with Crippen molar-refractivity contribution in [3.63, 3.8) is 0 Å². The predicted molar refractivity (Wildman–Crippen MR) is 63.5 cm³/mol. The van der Waals surface area contributed by atoms with Gasteiger partial charge in [-0.05, 0) is 31.9 Å². The summed E-state index contributed by atoms with van der Waals surface area (Å²) in [6, 6.07) is 7.65. The monoisotopic (exact) mass is 219 g/mol. The molecule has 1 saturated carbocycles. The van der Waals surface area contributed by atoms with Crippen LogP contribution in [0.25, 0.3) is 0 Å². The van der Waals surface area contributed by atoms with Gasteiger partial charge >= 0.3 is 6.09 Å². The minimum atomic E-state index is -0.364. The van der Waals surface area contributed by atoms with E-state index in [-0.39, 0.29) is 11.5 Å². The Morgan fingerprint density at radius 2 is 2.00 bits per heavy atom. The summed E-state index contributed by atoms with van der Waals surface area (Å²) < 4.78 is 5.15. The Bertz CT molecular complexity index is 379. The molecule has 0 atom stereocenters. The van der Waals surface area contributed by atoms with E-state index < -0.39 is 0 Å². The topological polar surface area (TPSA) is 38.3 Å². The summed E-state index contributed by atoms with van der Waals surface area (Å²) in [4.78, 5) is 11.4. The maximum atomic E-state index is 11.4. The first kappa shape index (κ1) is 11.0. The van der Waals surface area contributed by atoms with Crippen LogP contribution in [0, 0.1) is 12.3 Å². The summed E-state index contributed by atoms with van der Waals surface area (Å²) in [6.07, 6.45) is 1.95. The molecule has 1 amide bonds. The molecule has 1 aliphatic carbocycles. The lowest BCUT2D eigenvalue weighted by molar-refractivity contribution is 0.139.